The first-order valence-corrected chi connectivity index (χ1v) is 6.61. The van der Waals surface area contributed by atoms with Crippen molar-refractivity contribution in [3.63, 3.8) is 0 Å². The van der Waals surface area contributed by atoms with Gasteiger partial charge in [0.2, 0.25) is 0 Å². The highest BCUT2D eigenvalue weighted by Gasteiger charge is 2.39. The quantitative estimate of drug-likeness (QED) is 0.920. The van der Waals surface area contributed by atoms with E-state index in [9.17, 15) is 0 Å². The number of nitrogens with two attached hydrogens (primary N) is 1. The lowest BCUT2D eigenvalue weighted by Crippen LogP contribution is -2.56. The van der Waals surface area contributed by atoms with Crippen LogP contribution in [0.25, 0.3) is 0 Å². The van der Waals surface area contributed by atoms with Crippen LogP contribution in [-0.2, 0) is 6.54 Å². The van der Waals surface area contributed by atoms with Gasteiger partial charge in [-0.2, -0.15) is 0 Å². The molecule has 1 aliphatic carbocycles. The molecule has 0 atom stereocenters. The largest absolute Gasteiger partial charge is 0.329 e. The SMILES string of the molecule is CN(Cc1cccc(Br)c1)C1(CN)CCC1. The van der Waals surface area contributed by atoms with Crippen LogP contribution in [0.2, 0.25) is 0 Å². The standard InChI is InChI=1S/C13H19BrN2/c1-16(13(10-15)6-3-7-13)9-11-4-2-5-12(14)8-11/h2,4-5,8H,3,6-7,9-10,15H2,1H3. The van der Waals surface area contributed by atoms with Gasteiger partial charge in [-0.05, 0) is 44.0 Å². The van der Waals surface area contributed by atoms with E-state index in [4.69, 9.17) is 5.73 Å². The average Bonchev–Trinajstić information content (AvgIpc) is 2.16. The highest BCUT2D eigenvalue weighted by molar-refractivity contribution is 9.10. The second kappa shape index (κ2) is 4.86. The van der Waals surface area contributed by atoms with Gasteiger partial charge < -0.3 is 5.73 Å². The molecule has 0 heterocycles. The summed E-state index contributed by atoms with van der Waals surface area (Å²) >= 11 is 3.51. The van der Waals surface area contributed by atoms with E-state index in [-0.39, 0.29) is 5.54 Å². The summed E-state index contributed by atoms with van der Waals surface area (Å²) in [7, 11) is 2.19. The Kier molecular flexibility index (Phi) is 3.67. The summed E-state index contributed by atoms with van der Waals surface area (Å²) in [6.07, 6.45) is 3.81. The van der Waals surface area contributed by atoms with Gasteiger partial charge in [-0.15, -0.1) is 0 Å². The van der Waals surface area contributed by atoms with Crippen LogP contribution in [0.1, 0.15) is 24.8 Å². The molecule has 2 nitrogen and oxygen atoms in total. The number of benzene rings is 1. The minimum Gasteiger partial charge on any atom is -0.329 e. The van der Waals surface area contributed by atoms with Crippen molar-refractivity contribution < 1.29 is 0 Å². The third-order valence-corrected chi connectivity index (χ3v) is 4.28. The van der Waals surface area contributed by atoms with Gasteiger partial charge in [0.15, 0.2) is 0 Å². The lowest BCUT2D eigenvalue weighted by atomic mass is 9.75. The van der Waals surface area contributed by atoms with Gasteiger partial charge >= 0.3 is 0 Å². The van der Waals surface area contributed by atoms with Crippen molar-refractivity contribution in [1.29, 1.82) is 0 Å². The van der Waals surface area contributed by atoms with E-state index in [2.05, 4.69) is 52.1 Å². The molecule has 0 aliphatic heterocycles. The molecule has 0 amide bonds. The van der Waals surface area contributed by atoms with E-state index >= 15 is 0 Å². The number of halogens is 1. The second-order valence-corrected chi connectivity index (χ2v) is 5.68. The molecule has 0 spiro atoms. The lowest BCUT2D eigenvalue weighted by Gasteiger charge is -2.48. The number of likely N-dealkylation sites (N-methyl/N-ethyl adjacent to an activating group) is 1. The van der Waals surface area contributed by atoms with Crippen molar-refractivity contribution >= 4 is 15.9 Å². The predicted octanol–water partition coefficient (Wildman–Crippen LogP) is 2.76. The Morgan fingerprint density at radius 2 is 2.19 bits per heavy atom. The molecule has 1 fully saturated rings. The molecular weight excluding hydrogens is 264 g/mol. The van der Waals surface area contributed by atoms with Crippen LogP contribution in [0.5, 0.6) is 0 Å². The maximum atomic E-state index is 5.90. The zero-order valence-electron chi connectivity index (χ0n) is 9.75. The smallest absolute Gasteiger partial charge is 0.0332 e. The fraction of sp³-hybridized carbons (Fsp3) is 0.538. The fourth-order valence-corrected chi connectivity index (χ4v) is 2.85. The van der Waals surface area contributed by atoms with Crippen LogP contribution in [0, 0.1) is 0 Å². The maximum absolute atomic E-state index is 5.90. The van der Waals surface area contributed by atoms with Crippen molar-refractivity contribution in [3.8, 4) is 0 Å². The van der Waals surface area contributed by atoms with Crippen molar-refractivity contribution in [2.75, 3.05) is 13.6 Å². The van der Waals surface area contributed by atoms with E-state index in [0.29, 0.717) is 0 Å². The minimum atomic E-state index is 0.266. The third-order valence-electron chi connectivity index (χ3n) is 3.78. The van der Waals surface area contributed by atoms with E-state index in [1.54, 1.807) is 0 Å². The van der Waals surface area contributed by atoms with E-state index in [1.807, 2.05) is 0 Å². The molecule has 1 aliphatic rings. The van der Waals surface area contributed by atoms with E-state index in [0.717, 1.165) is 17.6 Å². The van der Waals surface area contributed by atoms with Gasteiger partial charge in [0.25, 0.3) is 0 Å². The summed E-state index contributed by atoms with van der Waals surface area (Å²) in [5.74, 6) is 0. The molecule has 0 aromatic heterocycles. The summed E-state index contributed by atoms with van der Waals surface area (Å²) in [5.41, 5.74) is 7.51. The van der Waals surface area contributed by atoms with E-state index in [1.165, 1.54) is 24.8 Å². The molecule has 1 aromatic carbocycles. The van der Waals surface area contributed by atoms with E-state index < -0.39 is 0 Å². The number of hydrogen-bond donors (Lipinski definition) is 1. The molecule has 16 heavy (non-hydrogen) atoms. The van der Waals surface area contributed by atoms with Crippen LogP contribution < -0.4 is 5.73 Å². The Balaban J connectivity index is 2.04. The summed E-state index contributed by atoms with van der Waals surface area (Å²) in [6, 6.07) is 8.50. The van der Waals surface area contributed by atoms with Gasteiger partial charge in [-0.1, -0.05) is 28.1 Å². The first-order valence-electron chi connectivity index (χ1n) is 5.82. The molecule has 0 bridgehead atoms. The van der Waals surface area contributed by atoms with Gasteiger partial charge in [0.05, 0.1) is 0 Å². The zero-order chi connectivity index (χ0) is 11.6. The highest BCUT2D eigenvalue weighted by atomic mass is 79.9. The van der Waals surface area contributed by atoms with Crippen LogP contribution in [0.15, 0.2) is 28.7 Å². The van der Waals surface area contributed by atoms with Gasteiger partial charge in [0.1, 0.15) is 0 Å². The summed E-state index contributed by atoms with van der Waals surface area (Å²) < 4.78 is 1.15. The number of hydrogen-bond acceptors (Lipinski definition) is 2. The molecule has 1 saturated carbocycles. The minimum absolute atomic E-state index is 0.266. The first-order chi connectivity index (χ1) is 7.66. The average molecular weight is 283 g/mol. The van der Waals surface area contributed by atoms with Crippen LogP contribution in [0.4, 0.5) is 0 Å². The molecule has 0 radical (unpaired) electrons. The van der Waals surface area contributed by atoms with Crippen molar-refractivity contribution in [3.05, 3.63) is 34.3 Å². The Bertz CT molecular complexity index is 355. The predicted molar refractivity (Wildman–Crippen MR) is 71.2 cm³/mol. The van der Waals surface area contributed by atoms with Gasteiger partial charge in [0, 0.05) is 23.1 Å². The Hall–Kier alpha value is -0.380. The third kappa shape index (κ3) is 2.31. The summed E-state index contributed by atoms with van der Waals surface area (Å²) in [5, 5.41) is 0. The van der Waals surface area contributed by atoms with Crippen LogP contribution in [0.3, 0.4) is 0 Å². The summed E-state index contributed by atoms with van der Waals surface area (Å²) in [4.78, 5) is 2.41. The molecular formula is C13H19BrN2. The number of nitrogens with zero attached hydrogens (tertiary/aromatic N) is 1. The van der Waals surface area contributed by atoms with Crippen molar-refractivity contribution in [1.82, 2.24) is 4.90 Å². The first kappa shape index (κ1) is 12.1. The Morgan fingerprint density at radius 1 is 1.44 bits per heavy atom. The maximum Gasteiger partial charge on any atom is 0.0332 e. The van der Waals surface area contributed by atoms with Crippen LogP contribution >= 0.6 is 15.9 Å². The zero-order valence-corrected chi connectivity index (χ0v) is 11.3. The topological polar surface area (TPSA) is 29.3 Å². The van der Waals surface area contributed by atoms with Gasteiger partial charge in [-0.3, -0.25) is 4.90 Å². The molecule has 3 heteroatoms. The highest BCUT2D eigenvalue weighted by Crippen LogP contribution is 2.36. The number of rotatable bonds is 4. The second-order valence-electron chi connectivity index (χ2n) is 4.77. The molecule has 0 saturated heterocycles. The van der Waals surface area contributed by atoms with Gasteiger partial charge in [-0.25, -0.2) is 0 Å². The monoisotopic (exact) mass is 282 g/mol. The Labute approximate surface area is 106 Å². The summed E-state index contributed by atoms with van der Waals surface area (Å²) in [6.45, 7) is 1.76. The van der Waals surface area contributed by atoms with Crippen molar-refractivity contribution in [2.45, 2.75) is 31.3 Å². The molecule has 0 unspecified atom stereocenters. The normalized spacial score (nSPS) is 18.5. The lowest BCUT2D eigenvalue weighted by molar-refractivity contribution is 0.0398. The Morgan fingerprint density at radius 3 is 2.69 bits per heavy atom. The van der Waals surface area contributed by atoms with Crippen molar-refractivity contribution in [2.24, 2.45) is 5.73 Å². The fourth-order valence-electron chi connectivity index (χ4n) is 2.40. The molecule has 2 N–H and O–H groups in total. The molecule has 88 valence electrons. The van der Waals surface area contributed by atoms with Crippen LogP contribution in [-0.4, -0.2) is 24.0 Å². The molecule has 2 rings (SSSR count). The molecule has 1 aromatic rings.